The number of hydrogen-bond acceptors (Lipinski definition) is 4. The van der Waals surface area contributed by atoms with Gasteiger partial charge in [-0.15, -0.1) is 53.6 Å². The van der Waals surface area contributed by atoms with Crippen molar-refractivity contribution in [1.82, 2.24) is 19.5 Å². The van der Waals surface area contributed by atoms with Gasteiger partial charge in [0.2, 0.25) is 0 Å². The van der Waals surface area contributed by atoms with E-state index in [0.717, 1.165) is 56.5 Å². The molecule has 4 aromatic heterocycles. The molecule has 0 saturated heterocycles. The zero-order valence-corrected chi connectivity index (χ0v) is 43.8. The van der Waals surface area contributed by atoms with Crippen molar-refractivity contribution < 1.29 is 24.2 Å². The van der Waals surface area contributed by atoms with E-state index in [1.165, 1.54) is 86.3 Å². The maximum atomic E-state index is 7.52. The Bertz CT molecular complexity index is 3210. The smallest absolute Gasteiger partial charge is 0.113 e. The van der Waals surface area contributed by atoms with Crippen LogP contribution < -0.4 is 5.19 Å². The van der Waals surface area contributed by atoms with E-state index in [0.29, 0.717) is 17.4 Å². The van der Waals surface area contributed by atoms with Gasteiger partial charge < -0.3 is 9.55 Å². The van der Waals surface area contributed by atoms with Crippen molar-refractivity contribution in [2.75, 3.05) is 0 Å². The summed E-state index contributed by atoms with van der Waals surface area (Å²) in [5.74, 6) is 2.34. The summed E-state index contributed by atoms with van der Waals surface area (Å²) in [6, 6.07) is 46.6. The van der Waals surface area contributed by atoms with Crippen molar-refractivity contribution in [1.29, 1.82) is 0 Å². The van der Waals surface area contributed by atoms with E-state index in [1.54, 1.807) is 23.5 Å². The molecule has 0 amide bonds. The molecule has 4 heterocycles. The van der Waals surface area contributed by atoms with Gasteiger partial charge in [-0.1, -0.05) is 157 Å². The van der Waals surface area contributed by atoms with E-state index in [1.807, 2.05) is 12.1 Å². The molecule has 1 saturated carbocycles. The molecule has 4 nitrogen and oxygen atoms in total. The SMILES string of the molecule is Cc1ccc2c(n1)sc1c(-c3nc4ccccc4n3-c3c(C(C)C)cc(-c4ccccc4)cc3C(C)C)[c-]ccc12.[2H]C([2H])([2H])c1c[c-]c(-c2cc(CC3CCCCC3)c([Si](C)(C)C)cn2)cc1.[Ir]. The molecule has 7 heteroatoms. The fraction of sp³-hybridized carbons (Fsp3) is 0.305. The minimum Gasteiger partial charge on any atom is -0.333 e. The molecule has 1 fully saturated rings. The molecule has 0 bridgehead atoms. The number of imidazole rings is 1. The van der Waals surface area contributed by atoms with Gasteiger partial charge in [-0.05, 0) is 105 Å². The molecular formula is C59H62IrN4SSi-2. The molecule has 9 aromatic rings. The van der Waals surface area contributed by atoms with Crippen molar-refractivity contribution in [2.24, 2.45) is 5.92 Å². The van der Waals surface area contributed by atoms with E-state index in [9.17, 15) is 0 Å². The molecule has 1 aliphatic carbocycles. The molecular weight excluding hydrogens is 1020 g/mol. The second-order valence-electron chi connectivity index (χ2n) is 19.6. The van der Waals surface area contributed by atoms with E-state index in [-0.39, 0.29) is 20.1 Å². The number of pyridine rings is 2. The summed E-state index contributed by atoms with van der Waals surface area (Å²) in [6.07, 6.45) is 9.98. The Balaban J connectivity index is 0.000000200. The van der Waals surface area contributed by atoms with E-state index in [2.05, 4.69) is 168 Å². The number of para-hydroxylation sites is 2. The van der Waals surface area contributed by atoms with Crippen LogP contribution in [0.5, 0.6) is 0 Å². The molecule has 1 radical (unpaired) electrons. The Hall–Kier alpha value is -5.04. The number of hydrogen-bond donors (Lipinski definition) is 0. The fourth-order valence-electron chi connectivity index (χ4n) is 9.69. The van der Waals surface area contributed by atoms with Crippen LogP contribution in [0.15, 0.2) is 121 Å². The van der Waals surface area contributed by atoms with Crippen molar-refractivity contribution in [3.8, 4) is 39.5 Å². The van der Waals surface area contributed by atoms with Crippen molar-refractivity contribution in [3.05, 3.63) is 162 Å². The molecule has 0 spiro atoms. The molecule has 339 valence electrons. The van der Waals surface area contributed by atoms with Gasteiger partial charge >= 0.3 is 0 Å². The van der Waals surface area contributed by atoms with Gasteiger partial charge in [0.15, 0.2) is 0 Å². The molecule has 1 aliphatic rings. The van der Waals surface area contributed by atoms with Crippen molar-refractivity contribution in [3.63, 3.8) is 0 Å². The van der Waals surface area contributed by atoms with E-state index < -0.39 is 14.9 Å². The van der Waals surface area contributed by atoms with Crippen LogP contribution in [0.4, 0.5) is 0 Å². The molecule has 0 aliphatic heterocycles. The first kappa shape index (κ1) is 43.5. The first-order chi connectivity index (χ1) is 32.5. The Morgan fingerprint density at radius 3 is 2.20 bits per heavy atom. The summed E-state index contributed by atoms with van der Waals surface area (Å²) in [6.45, 7) is 16.3. The molecule has 66 heavy (non-hydrogen) atoms. The van der Waals surface area contributed by atoms with Crippen molar-refractivity contribution >= 4 is 55.9 Å². The number of fused-ring (bicyclic) bond motifs is 4. The van der Waals surface area contributed by atoms with Gasteiger partial charge in [0.25, 0.3) is 0 Å². The average molecular weight is 1080 g/mol. The van der Waals surface area contributed by atoms with Crippen LogP contribution in [-0.4, -0.2) is 27.6 Å². The third-order valence-corrected chi connectivity index (χ3v) is 16.3. The molecule has 0 atom stereocenters. The number of nitrogens with zero attached hydrogens (tertiary/aromatic N) is 4. The number of aromatic nitrogens is 4. The first-order valence-electron chi connectivity index (χ1n) is 25.0. The van der Waals surface area contributed by atoms with Crippen LogP contribution in [-0.2, 0) is 26.5 Å². The van der Waals surface area contributed by atoms with Crippen LogP contribution in [0.25, 0.3) is 70.8 Å². The summed E-state index contributed by atoms with van der Waals surface area (Å²) >= 11 is 1.74. The van der Waals surface area contributed by atoms with Gasteiger partial charge in [0.1, 0.15) is 4.83 Å². The fourth-order valence-corrected chi connectivity index (χ4v) is 12.5. The normalized spacial score (nSPS) is 14.2. The monoisotopic (exact) mass is 1080 g/mol. The third kappa shape index (κ3) is 9.83. The Labute approximate surface area is 415 Å². The second-order valence-corrected chi connectivity index (χ2v) is 25.7. The van der Waals surface area contributed by atoms with Crippen LogP contribution in [0, 0.1) is 31.8 Å². The third-order valence-electron chi connectivity index (χ3n) is 13.1. The Kier molecular flexibility index (Phi) is 13.2. The minimum absolute atomic E-state index is 0. The summed E-state index contributed by atoms with van der Waals surface area (Å²) in [4.78, 5) is 15.9. The predicted molar refractivity (Wildman–Crippen MR) is 281 cm³/mol. The summed E-state index contributed by atoms with van der Waals surface area (Å²) in [7, 11) is -1.47. The van der Waals surface area contributed by atoms with Crippen molar-refractivity contribution in [2.45, 2.75) is 111 Å². The van der Waals surface area contributed by atoms with Crippen LogP contribution in [0.1, 0.15) is 104 Å². The first-order valence-corrected chi connectivity index (χ1v) is 27.8. The van der Waals surface area contributed by atoms with Crippen LogP contribution >= 0.6 is 11.3 Å². The predicted octanol–water partition coefficient (Wildman–Crippen LogP) is 16.0. The van der Waals surface area contributed by atoms with E-state index >= 15 is 0 Å². The van der Waals surface area contributed by atoms with Crippen LogP contribution in [0.2, 0.25) is 19.6 Å². The van der Waals surface area contributed by atoms with E-state index in [4.69, 9.17) is 19.1 Å². The average Bonchev–Trinajstić information content (AvgIpc) is 3.89. The zero-order chi connectivity index (χ0) is 47.9. The quantitative estimate of drug-likeness (QED) is 0.107. The van der Waals surface area contributed by atoms with Gasteiger partial charge in [-0.2, -0.15) is 11.3 Å². The molecule has 5 aromatic carbocycles. The molecule has 0 unspecified atom stereocenters. The van der Waals surface area contributed by atoms with Gasteiger partial charge in [0.05, 0.1) is 24.9 Å². The van der Waals surface area contributed by atoms with Gasteiger partial charge in [0, 0.05) is 41.8 Å². The van der Waals surface area contributed by atoms with Gasteiger partial charge in [-0.25, -0.2) is 4.98 Å². The summed E-state index contributed by atoms with van der Waals surface area (Å²) in [5, 5.41) is 3.85. The Morgan fingerprint density at radius 1 is 0.788 bits per heavy atom. The maximum absolute atomic E-state index is 7.52. The number of rotatable bonds is 9. The maximum Gasteiger partial charge on any atom is 0.113 e. The minimum atomic E-state index is -2.09. The molecule has 0 N–H and O–H groups in total. The van der Waals surface area contributed by atoms with Gasteiger partial charge in [-0.3, -0.25) is 4.98 Å². The van der Waals surface area contributed by atoms with Crippen LogP contribution in [0.3, 0.4) is 0 Å². The topological polar surface area (TPSA) is 43.6 Å². The Morgan fingerprint density at radius 2 is 1.52 bits per heavy atom. The molecule has 10 rings (SSSR count). The number of benzene rings is 5. The summed E-state index contributed by atoms with van der Waals surface area (Å²) in [5.41, 5.74) is 14.1. The zero-order valence-electron chi connectivity index (χ0n) is 42.6. The largest absolute Gasteiger partial charge is 0.333 e. The second kappa shape index (κ2) is 20.0. The standard InChI is InChI=1S/C37H32N3S.C22H30NSi.Ir/c1-22(2)30-20-26(25-12-7-6-8-13-25)21-31(23(3)4)34(30)40-33-17-10-9-16-32(33)39-36(40)29-15-11-14-27-28-19-18-24(5)38-37(28)41-35(27)29;1-17-10-12-19(13-11-17)21-15-20(14-18-8-6-5-7-9-18)22(16-23-21)24(2,3)4;/h6-14,16-23H,1-5H3;10-12,15-16,18H,5-9,14H2,1-4H3;/q2*-1;/i;1D3;. The summed E-state index contributed by atoms with van der Waals surface area (Å²) < 4.78 is 26.2. The number of aryl methyl sites for hydroxylation is 2. The number of thiophene rings is 1.